The topological polar surface area (TPSA) is 198 Å². The Kier molecular flexibility index (Phi) is 13.7. The number of ether oxygens (including phenoxy) is 4. The van der Waals surface area contributed by atoms with E-state index in [1.54, 1.807) is 47.9 Å². The molecule has 3 aliphatic rings. The van der Waals surface area contributed by atoms with Gasteiger partial charge in [-0.1, -0.05) is 46.5 Å². The smallest absolute Gasteiger partial charge is 0.435 e. The van der Waals surface area contributed by atoms with Gasteiger partial charge in [-0.2, -0.15) is 9.86 Å². The van der Waals surface area contributed by atoms with E-state index in [1.165, 1.54) is 23.1 Å². The second kappa shape index (κ2) is 17.7. The van der Waals surface area contributed by atoms with Crippen LogP contribution in [0.3, 0.4) is 0 Å². The van der Waals surface area contributed by atoms with Crippen molar-refractivity contribution in [1.82, 2.24) is 35.2 Å². The number of carbonyl (C=O) groups excluding carboxylic acids is 4. The molecule has 18 heteroatoms. The number of hydrogen-bond acceptors (Lipinski definition) is 16. The summed E-state index contributed by atoms with van der Waals surface area (Å²) in [7, 11) is 5.39. The highest BCUT2D eigenvalue weighted by Crippen LogP contribution is 2.42. The number of aliphatic hydroxyl groups is 1. The van der Waals surface area contributed by atoms with Crippen LogP contribution in [0, 0.1) is 41.4 Å². The van der Waals surface area contributed by atoms with E-state index in [4.69, 9.17) is 23.8 Å². The van der Waals surface area contributed by atoms with Crippen molar-refractivity contribution >= 4 is 35.0 Å². The minimum Gasteiger partial charge on any atom is -0.457 e. The van der Waals surface area contributed by atoms with Gasteiger partial charge in [0.2, 0.25) is 5.82 Å². The minimum absolute atomic E-state index is 0.194. The molecule has 3 saturated heterocycles. The molecule has 5 rings (SSSR count). The standard InChI is InChI=1S/C38H55N7O10S/c1-12-27-38(8)32(45(37(50)55-38)51-15-13-14-25-18-39-34(56-25)33-40-42-44(11)41-33)23(6)28(46)19(2)16-20(3)31(22(5)29(47)24(7)35(49)53-27)54-36-30(48)26(43(9)10)17-21(4)52-36/h18-24,26-27,30-32,36,48H,12,15-17H2,1-11H3/t19-,20+,21-,22+,23+,24-,26+,27-,30-,31-,32-,36+,38-/m1/s1. The summed E-state index contributed by atoms with van der Waals surface area (Å²) in [5.41, 5.74) is -1.54. The number of nitrogens with zero attached hydrogens (tertiary/aromatic N) is 7. The summed E-state index contributed by atoms with van der Waals surface area (Å²) in [6.07, 6.45) is -2.38. The van der Waals surface area contributed by atoms with Crippen LogP contribution in [0.4, 0.5) is 4.79 Å². The first-order chi connectivity index (χ1) is 26.4. The highest BCUT2D eigenvalue weighted by atomic mass is 32.1. The van der Waals surface area contributed by atoms with Gasteiger partial charge in [0.15, 0.2) is 22.7 Å². The van der Waals surface area contributed by atoms with Crippen LogP contribution in [0.2, 0.25) is 0 Å². The Morgan fingerprint density at radius 1 is 1.07 bits per heavy atom. The molecule has 0 aliphatic carbocycles. The molecule has 2 aromatic heterocycles. The Hall–Kier alpha value is -3.86. The number of aryl methyl sites for hydroxylation is 1. The molecule has 5 heterocycles. The number of cyclic esters (lactones) is 1. The molecule has 2 aromatic rings. The van der Waals surface area contributed by atoms with E-state index in [0.717, 1.165) is 5.06 Å². The molecule has 308 valence electrons. The van der Waals surface area contributed by atoms with E-state index in [0.29, 0.717) is 28.6 Å². The van der Waals surface area contributed by atoms with Gasteiger partial charge in [-0.25, -0.2) is 9.78 Å². The van der Waals surface area contributed by atoms with E-state index in [1.807, 2.05) is 32.8 Å². The molecule has 0 spiro atoms. The van der Waals surface area contributed by atoms with Crippen LogP contribution in [-0.4, -0.2) is 133 Å². The molecule has 17 nitrogen and oxygen atoms in total. The summed E-state index contributed by atoms with van der Waals surface area (Å²) >= 11 is 1.26. The fourth-order valence-corrected chi connectivity index (χ4v) is 8.96. The first-order valence-electron chi connectivity index (χ1n) is 19.1. The Labute approximate surface area is 331 Å². The number of hydrogen-bond donors (Lipinski definition) is 1. The SMILES string of the molecule is CC[C@H]1OC(=O)[C@H](C)C(=O)[C@H](C)[C@H](O[C@@H]2O[C@H](C)C[C@H](N(C)C)[C@H]2O)[C@@H](C)C[C@@H](C)C(=O)[C@H](C)[C@H]2N(OCC#Cc3cnc(-c4nnn(C)n4)s3)C(=O)O[C@]12C. The predicted octanol–water partition coefficient (Wildman–Crippen LogP) is 3.05. The lowest BCUT2D eigenvalue weighted by Crippen LogP contribution is -2.58. The van der Waals surface area contributed by atoms with Crippen LogP contribution in [0.1, 0.15) is 79.5 Å². The normalized spacial score (nSPS) is 36.1. The lowest BCUT2D eigenvalue weighted by Gasteiger charge is -2.44. The lowest BCUT2D eigenvalue weighted by atomic mass is 9.75. The maximum Gasteiger partial charge on any atom is 0.435 e. The number of aliphatic hydroxyl groups excluding tert-OH is 1. The van der Waals surface area contributed by atoms with Crippen LogP contribution in [-0.2, 0) is 45.2 Å². The van der Waals surface area contributed by atoms with Crippen molar-refractivity contribution in [2.24, 2.45) is 36.6 Å². The first kappa shape index (κ1) is 43.3. The van der Waals surface area contributed by atoms with Crippen LogP contribution >= 0.6 is 11.3 Å². The van der Waals surface area contributed by atoms with E-state index >= 15 is 0 Å². The number of amides is 1. The third-order valence-corrected chi connectivity index (χ3v) is 12.2. The molecule has 56 heavy (non-hydrogen) atoms. The molecule has 0 radical (unpaired) electrons. The van der Waals surface area contributed by atoms with Gasteiger partial charge in [-0.05, 0) is 65.3 Å². The number of fused-ring (bicyclic) bond motifs is 1. The third kappa shape index (κ3) is 8.98. The Bertz CT molecular complexity index is 1810. The average molecular weight is 802 g/mol. The summed E-state index contributed by atoms with van der Waals surface area (Å²) in [6.45, 7) is 13.6. The fraction of sp³-hybridized carbons (Fsp3) is 0.737. The number of likely N-dealkylation sites (N-methyl/N-ethyl adjacent to an activating group) is 1. The average Bonchev–Trinajstić information content (AvgIpc) is 3.87. The Morgan fingerprint density at radius 3 is 2.43 bits per heavy atom. The molecule has 0 bridgehead atoms. The highest BCUT2D eigenvalue weighted by Gasteiger charge is 2.61. The molecule has 3 aliphatic heterocycles. The molecule has 0 unspecified atom stereocenters. The second-order valence-corrected chi connectivity index (χ2v) is 16.8. The zero-order valence-electron chi connectivity index (χ0n) is 34.0. The van der Waals surface area contributed by atoms with E-state index < -0.39 is 83.7 Å². The molecule has 3 fully saturated rings. The van der Waals surface area contributed by atoms with Crippen LogP contribution in [0.15, 0.2) is 6.20 Å². The monoisotopic (exact) mass is 801 g/mol. The Balaban J connectivity index is 1.42. The number of aromatic nitrogens is 5. The molecular weight excluding hydrogens is 747 g/mol. The number of tetrazole rings is 1. The largest absolute Gasteiger partial charge is 0.457 e. The number of ketones is 2. The number of Topliss-reactive ketones (excluding diaryl/α,β-unsaturated/α-hetero) is 2. The summed E-state index contributed by atoms with van der Waals surface area (Å²) in [5, 5.41) is 24.8. The van der Waals surface area contributed by atoms with Gasteiger partial charge in [-0.15, -0.1) is 21.5 Å². The summed E-state index contributed by atoms with van der Waals surface area (Å²) < 4.78 is 24.6. The van der Waals surface area contributed by atoms with Crippen LogP contribution < -0.4 is 0 Å². The molecule has 1 amide bonds. The maximum absolute atomic E-state index is 14.4. The van der Waals surface area contributed by atoms with Crippen molar-refractivity contribution in [3.63, 3.8) is 0 Å². The molecular formula is C38H55N7O10S. The van der Waals surface area contributed by atoms with Gasteiger partial charge in [0, 0.05) is 23.8 Å². The molecule has 13 atom stereocenters. The van der Waals surface area contributed by atoms with Crippen molar-refractivity contribution in [1.29, 1.82) is 0 Å². The van der Waals surface area contributed by atoms with Gasteiger partial charge in [0.1, 0.15) is 36.6 Å². The zero-order chi connectivity index (χ0) is 41.2. The zero-order valence-corrected chi connectivity index (χ0v) is 34.8. The van der Waals surface area contributed by atoms with Gasteiger partial charge < -0.3 is 29.0 Å². The van der Waals surface area contributed by atoms with Crippen LogP contribution in [0.5, 0.6) is 0 Å². The van der Waals surface area contributed by atoms with Crippen molar-refractivity contribution < 1.29 is 48.1 Å². The van der Waals surface area contributed by atoms with E-state index in [9.17, 15) is 24.3 Å². The van der Waals surface area contributed by atoms with Crippen molar-refractivity contribution in [2.75, 3.05) is 20.7 Å². The Morgan fingerprint density at radius 2 is 1.79 bits per heavy atom. The van der Waals surface area contributed by atoms with Gasteiger partial charge >= 0.3 is 12.1 Å². The predicted molar refractivity (Wildman–Crippen MR) is 201 cm³/mol. The molecule has 0 aromatic carbocycles. The second-order valence-electron chi connectivity index (χ2n) is 15.8. The highest BCUT2D eigenvalue weighted by molar-refractivity contribution is 7.15. The van der Waals surface area contributed by atoms with Crippen molar-refractivity contribution in [3.05, 3.63) is 11.1 Å². The number of thiazole rings is 1. The minimum atomic E-state index is -1.54. The van der Waals surface area contributed by atoms with Crippen molar-refractivity contribution in [2.45, 2.75) is 123 Å². The summed E-state index contributed by atoms with van der Waals surface area (Å²) in [5.74, 6) is 0.899. The molecule has 1 N–H and O–H groups in total. The summed E-state index contributed by atoms with van der Waals surface area (Å²) in [6, 6.07) is -1.28. The van der Waals surface area contributed by atoms with Gasteiger partial charge in [-0.3, -0.25) is 19.2 Å². The number of rotatable bonds is 7. The number of carbonyl (C=O) groups is 4. The number of hydroxylamine groups is 2. The third-order valence-electron chi connectivity index (χ3n) is 11.3. The van der Waals surface area contributed by atoms with Gasteiger partial charge in [0.25, 0.3) is 0 Å². The summed E-state index contributed by atoms with van der Waals surface area (Å²) in [4.78, 5) is 70.0. The van der Waals surface area contributed by atoms with Gasteiger partial charge in [0.05, 0.1) is 30.3 Å². The van der Waals surface area contributed by atoms with E-state index in [-0.39, 0.29) is 31.0 Å². The number of esters is 1. The molecule has 0 saturated carbocycles. The first-order valence-corrected chi connectivity index (χ1v) is 20.0. The van der Waals surface area contributed by atoms with E-state index in [2.05, 4.69) is 32.2 Å². The fourth-order valence-electron chi connectivity index (χ4n) is 8.25. The quantitative estimate of drug-likeness (QED) is 0.243. The van der Waals surface area contributed by atoms with Crippen LogP contribution in [0.25, 0.3) is 10.8 Å². The van der Waals surface area contributed by atoms with Crippen molar-refractivity contribution in [3.8, 4) is 22.7 Å². The maximum atomic E-state index is 14.4. The lowest BCUT2D eigenvalue weighted by molar-refractivity contribution is -0.278.